The van der Waals surface area contributed by atoms with Gasteiger partial charge in [-0.1, -0.05) is 44.2 Å². The van der Waals surface area contributed by atoms with Gasteiger partial charge in [0, 0.05) is 12.6 Å². The number of nitrogens with one attached hydrogen (secondary N) is 3. The molecule has 2 aromatic rings. The van der Waals surface area contributed by atoms with Crippen LogP contribution in [0.1, 0.15) is 31.5 Å². The van der Waals surface area contributed by atoms with Gasteiger partial charge in [-0.05, 0) is 24.0 Å². The lowest BCUT2D eigenvalue weighted by Gasteiger charge is -2.20. The minimum atomic E-state index is -0.656. The van der Waals surface area contributed by atoms with E-state index in [4.69, 9.17) is 5.21 Å². The highest BCUT2D eigenvalue weighted by Crippen LogP contribution is 2.12. The molecule has 0 fully saturated rings. The molecule has 1 atom stereocenters. The molecule has 0 bridgehead atoms. The average Bonchev–Trinajstić information content (AvgIpc) is 2.71. The van der Waals surface area contributed by atoms with E-state index in [1.807, 2.05) is 44.2 Å². The Morgan fingerprint density at radius 2 is 1.89 bits per heavy atom. The van der Waals surface area contributed by atoms with Crippen LogP contribution in [0, 0.1) is 5.92 Å². The first-order valence-electron chi connectivity index (χ1n) is 9.00. The van der Waals surface area contributed by atoms with Crippen molar-refractivity contribution in [1.82, 2.24) is 20.8 Å². The van der Waals surface area contributed by atoms with Crippen molar-refractivity contribution in [1.29, 1.82) is 0 Å². The summed E-state index contributed by atoms with van der Waals surface area (Å²) >= 11 is 0. The molecule has 28 heavy (non-hydrogen) atoms. The molecule has 0 saturated heterocycles. The van der Waals surface area contributed by atoms with Gasteiger partial charge in [0.15, 0.2) is 0 Å². The van der Waals surface area contributed by atoms with Gasteiger partial charge in [-0.2, -0.15) is 0 Å². The first kappa shape index (κ1) is 21.0. The van der Waals surface area contributed by atoms with E-state index < -0.39 is 11.9 Å². The number of hydrogen-bond donors (Lipinski definition) is 4. The average molecular weight is 383 g/mol. The van der Waals surface area contributed by atoms with Crippen molar-refractivity contribution >= 4 is 23.7 Å². The third kappa shape index (κ3) is 7.16. The summed E-state index contributed by atoms with van der Waals surface area (Å²) in [4.78, 5) is 32.0. The number of carbonyl (C=O) groups is 2. The van der Waals surface area contributed by atoms with Crippen molar-refractivity contribution in [3.8, 4) is 0 Å². The molecule has 0 radical (unpaired) electrons. The van der Waals surface area contributed by atoms with Crippen LogP contribution < -0.4 is 16.1 Å². The molecule has 8 nitrogen and oxygen atoms in total. The maximum absolute atomic E-state index is 12.6. The molecule has 2 rings (SSSR count). The number of hydroxylamine groups is 1. The van der Waals surface area contributed by atoms with Crippen LogP contribution in [-0.2, 0) is 16.1 Å². The summed E-state index contributed by atoms with van der Waals surface area (Å²) in [5.74, 6) is 0.00966. The lowest BCUT2D eigenvalue weighted by atomic mass is 10.0. The number of amides is 2. The summed E-state index contributed by atoms with van der Waals surface area (Å²) in [5, 5.41) is 14.5. The Morgan fingerprint density at radius 1 is 1.14 bits per heavy atom. The smallest absolute Gasteiger partial charge is 0.267 e. The Morgan fingerprint density at radius 3 is 2.50 bits per heavy atom. The second-order valence-corrected chi connectivity index (χ2v) is 6.67. The monoisotopic (exact) mass is 383 g/mol. The molecule has 0 saturated carbocycles. The number of carbonyl (C=O) groups excluding carboxylic acids is 2. The lowest BCUT2D eigenvalue weighted by molar-refractivity contribution is -0.124. The predicted octanol–water partition coefficient (Wildman–Crippen LogP) is 2.14. The number of anilines is 1. The first-order valence-corrected chi connectivity index (χ1v) is 9.00. The van der Waals surface area contributed by atoms with Crippen molar-refractivity contribution in [3.05, 3.63) is 60.1 Å². The molecule has 1 aromatic carbocycles. The number of hydrogen-bond acceptors (Lipinski definition) is 6. The van der Waals surface area contributed by atoms with E-state index >= 15 is 0 Å². The van der Waals surface area contributed by atoms with Crippen LogP contribution in [-0.4, -0.2) is 33.0 Å². The summed E-state index contributed by atoms with van der Waals surface area (Å²) in [6, 6.07) is 9.27. The molecule has 0 aliphatic rings. The zero-order valence-corrected chi connectivity index (χ0v) is 15.9. The van der Waals surface area contributed by atoms with Gasteiger partial charge in [-0.3, -0.25) is 19.8 Å². The van der Waals surface area contributed by atoms with E-state index in [1.165, 1.54) is 23.9 Å². The molecular weight excluding hydrogens is 358 g/mol. The summed E-state index contributed by atoms with van der Waals surface area (Å²) in [5.41, 5.74) is 2.97. The van der Waals surface area contributed by atoms with Crippen LogP contribution in [0.4, 0.5) is 5.82 Å². The SMILES string of the molecule is CC(C)C[C@@H](Nc1cnc(C=CC(=O)NO)cn1)C(=O)NCc1ccccc1. The van der Waals surface area contributed by atoms with E-state index in [1.54, 1.807) is 0 Å². The minimum absolute atomic E-state index is 0.108. The van der Waals surface area contributed by atoms with E-state index in [9.17, 15) is 9.59 Å². The number of aromatic nitrogens is 2. The maximum Gasteiger partial charge on any atom is 0.267 e. The molecule has 1 aromatic heterocycles. The van der Waals surface area contributed by atoms with Gasteiger partial charge in [0.05, 0.1) is 18.1 Å². The van der Waals surface area contributed by atoms with Crippen LogP contribution >= 0.6 is 0 Å². The minimum Gasteiger partial charge on any atom is -0.357 e. The Labute approximate surface area is 164 Å². The van der Waals surface area contributed by atoms with E-state index in [-0.39, 0.29) is 5.91 Å². The normalized spacial score (nSPS) is 12.0. The van der Waals surface area contributed by atoms with Gasteiger partial charge in [0.2, 0.25) is 5.91 Å². The van der Waals surface area contributed by atoms with E-state index in [0.717, 1.165) is 11.6 Å². The molecule has 0 aliphatic carbocycles. The van der Waals surface area contributed by atoms with Crippen LogP contribution in [0.5, 0.6) is 0 Å². The van der Waals surface area contributed by atoms with Gasteiger partial charge >= 0.3 is 0 Å². The maximum atomic E-state index is 12.6. The molecule has 4 N–H and O–H groups in total. The molecule has 0 aliphatic heterocycles. The highest BCUT2D eigenvalue weighted by molar-refractivity contribution is 5.90. The van der Waals surface area contributed by atoms with Crippen LogP contribution in [0.2, 0.25) is 0 Å². The molecule has 2 amide bonds. The van der Waals surface area contributed by atoms with Gasteiger partial charge in [0.1, 0.15) is 11.9 Å². The Balaban J connectivity index is 1.99. The molecule has 0 spiro atoms. The van der Waals surface area contributed by atoms with Gasteiger partial charge in [0.25, 0.3) is 5.91 Å². The quantitative estimate of drug-likeness (QED) is 0.299. The van der Waals surface area contributed by atoms with Crippen molar-refractivity contribution in [3.63, 3.8) is 0 Å². The standard InChI is InChI=1S/C20H25N5O3/c1-14(2)10-17(20(27)23-11-15-6-4-3-5-7-15)24-18-13-21-16(12-22-18)8-9-19(26)25-28/h3-9,12-14,17,28H,10-11H2,1-2H3,(H,22,24)(H,23,27)(H,25,26)/t17-/m1/s1. The third-order valence-electron chi connectivity index (χ3n) is 3.84. The second-order valence-electron chi connectivity index (χ2n) is 6.67. The summed E-state index contributed by atoms with van der Waals surface area (Å²) in [6.07, 6.45) is 6.16. The molecule has 8 heteroatoms. The van der Waals surface area contributed by atoms with Gasteiger partial charge < -0.3 is 10.6 Å². The molecule has 0 unspecified atom stereocenters. The van der Waals surface area contributed by atoms with E-state index in [0.29, 0.717) is 30.4 Å². The van der Waals surface area contributed by atoms with Crippen molar-refractivity contribution in [2.45, 2.75) is 32.9 Å². The highest BCUT2D eigenvalue weighted by atomic mass is 16.5. The third-order valence-corrected chi connectivity index (χ3v) is 3.84. The summed E-state index contributed by atoms with van der Waals surface area (Å²) in [7, 11) is 0. The topological polar surface area (TPSA) is 116 Å². The fourth-order valence-electron chi connectivity index (χ4n) is 2.49. The van der Waals surface area contributed by atoms with Gasteiger partial charge in [-0.15, -0.1) is 0 Å². The van der Waals surface area contributed by atoms with Crippen molar-refractivity contribution < 1.29 is 14.8 Å². The van der Waals surface area contributed by atoms with Crippen LogP contribution in [0.25, 0.3) is 6.08 Å². The summed E-state index contributed by atoms with van der Waals surface area (Å²) in [6.45, 7) is 4.55. The number of rotatable bonds is 9. The predicted molar refractivity (Wildman–Crippen MR) is 106 cm³/mol. The van der Waals surface area contributed by atoms with Crippen molar-refractivity contribution in [2.75, 3.05) is 5.32 Å². The first-order chi connectivity index (χ1) is 13.5. The van der Waals surface area contributed by atoms with E-state index in [2.05, 4.69) is 20.6 Å². The Bertz CT molecular complexity index is 791. The molecule has 148 valence electrons. The van der Waals surface area contributed by atoms with Gasteiger partial charge in [-0.25, -0.2) is 10.5 Å². The largest absolute Gasteiger partial charge is 0.357 e. The number of nitrogens with zero attached hydrogens (tertiary/aromatic N) is 2. The molecule has 1 heterocycles. The second kappa shape index (κ2) is 10.8. The zero-order valence-electron chi connectivity index (χ0n) is 15.9. The Hall–Kier alpha value is -3.26. The fourth-order valence-corrected chi connectivity index (χ4v) is 2.49. The van der Waals surface area contributed by atoms with Crippen LogP contribution in [0.3, 0.4) is 0 Å². The fraction of sp³-hybridized carbons (Fsp3) is 0.300. The highest BCUT2D eigenvalue weighted by Gasteiger charge is 2.20. The lowest BCUT2D eigenvalue weighted by Crippen LogP contribution is -2.40. The van der Waals surface area contributed by atoms with Crippen LogP contribution in [0.15, 0.2) is 48.8 Å². The number of benzene rings is 1. The zero-order chi connectivity index (χ0) is 20.4. The summed E-state index contributed by atoms with van der Waals surface area (Å²) < 4.78 is 0. The molecular formula is C20H25N5O3. The Kier molecular flexibility index (Phi) is 8.11. The van der Waals surface area contributed by atoms with Crippen molar-refractivity contribution in [2.24, 2.45) is 5.92 Å².